The number of rotatable bonds is 4. The van der Waals surface area contributed by atoms with Crippen LogP contribution in [0.3, 0.4) is 0 Å². The second-order valence-electron chi connectivity index (χ2n) is 7.79. The molecule has 2 aliphatic heterocycles. The zero-order chi connectivity index (χ0) is 19.0. The molecule has 0 bridgehead atoms. The monoisotopic (exact) mass is 384 g/mol. The van der Waals surface area contributed by atoms with Crippen LogP contribution in [0, 0.1) is 11.8 Å². The zero-order valence-corrected chi connectivity index (χ0v) is 16.0. The number of thiocarbonyl (C=S) groups is 1. The highest BCUT2D eigenvalue weighted by Gasteiger charge is 2.46. The molecule has 4 atom stereocenters. The van der Waals surface area contributed by atoms with Gasteiger partial charge in [0.15, 0.2) is 0 Å². The second-order valence-corrected chi connectivity index (χ2v) is 8.32. The molecule has 1 aromatic carbocycles. The van der Waals surface area contributed by atoms with E-state index in [0.29, 0.717) is 24.4 Å². The highest BCUT2D eigenvalue weighted by atomic mass is 32.1. The van der Waals surface area contributed by atoms with Crippen molar-refractivity contribution in [3.8, 4) is 0 Å². The van der Waals surface area contributed by atoms with Gasteiger partial charge in [0.05, 0.1) is 12.0 Å². The van der Waals surface area contributed by atoms with E-state index in [1.807, 2.05) is 12.1 Å². The van der Waals surface area contributed by atoms with Gasteiger partial charge < -0.3 is 15.0 Å². The molecule has 2 saturated heterocycles. The van der Waals surface area contributed by atoms with Crippen LogP contribution in [0.1, 0.15) is 30.4 Å². The Morgan fingerprint density at radius 2 is 1.96 bits per heavy atom. The Balaban J connectivity index is 1.52. The summed E-state index contributed by atoms with van der Waals surface area (Å²) in [7, 11) is 0. The van der Waals surface area contributed by atoms with Gasteiger partial charge in [-0.15, -0.1) is 0 Å². The van der Waals surface area contributed by atoms with Crippen molar-refractivity contribution in [1.29, 1.82) is 0 Å². The van der Waals surface area contributed by atoms with Crippen LogP contribution in [-0.2, 0) is 27.2 Å². The van der Waals surface area contributed by atoms with Crippen LogP contribution in [0.5, 0.6) is 0 Å². The summed E-state index contributed by atoms with van der Waals surface area (Å²) in [5, 5.41) is 3.15. The lowest BCUT2D eigenvalue weighted by molar-refractivity contribution is -0.139. The number of benzene rings is 1. The topological polar surface area (TPSA) is 66.5 Å². The number of ketones is 1. The van der Waals surface area contributed by atoms with Crippen molar-refractivity contribution in [2.24, 2.45) is 11.8 Å². The molecule has 6 heteroatoms. The van der Waals surface area contributed by atoms with Crippen molar-refractivity contribution in [3.05, 3.63) is 35.4 Å². The molecule has 1 aliphatic carbocycles. The summed E-state index contributed by atoms with van der Waals surface area (Å²) >= 11 is 5.47. The first kappa shape index (κ1) is 18.4. The molecule has 142 valence electrons. The van der Waals surface area contributed by atoms with E-state index >= 15 is 0 Å². The van der Waals surface area contributed by atoms with Gasteiger partial charge in [-0.2, -0.15) is 0 Å². The van der Waals surface area contributed by atoms with E-state index in [1.54, 1.807) is 4.90 Å². The first-order chi connectivity index (χ1) is 13.1. The molecule has 2 unspecified atom stereocenters. The Bertz CT molecular complexity index is 793. The van der Waals surface area contributed by atoms with Crippen LogP contribution in [0.4, 0.5) is 0 Å². The number of likely N-dealkylation sites (tertiary alicyclic amines) is 1. The minimum absolute atomic E-state index is 0.0831. The Morgan fingerprint density at radius 1 is 1.19 bits per heavy atom. The van der Waals surface area contributed by atoms with E-state index in [0.717, 1.165) is 32.0 Å². The third-order valence-electron chi connectivity index (χ3n) is 6.24. The third kappa shape index (κ3) is 3.36. The first-order valence-corrected chi connectivity index (χ1v) is 10.1. The van der Waals surface area contributed by atoms with Crippen LogP contribution < -0.4 is 5.32 Å². The van der Waals surface area contributed by atoms with Crippen LogP contribution in [-0.4, -0.2) is 52.9 Å². The fourth-order valence-corrected chi connectivity index (χ4v) is 5.09. The molecular weight excluding hydrogens is 360 g/mol. The molecule has 0 spiro atoms. The van der Waals surface area contributed by atoms with Crippen molar-refractivity contribution in [1.82, 2.24) is 10.2 Å². The van der Waals surface area contributed by atoms with Crippen LogP contribution in [0.25, 0.3) is 0 Å². The number of Topliss-reactive ketones (excluding diaryl/α,β-unsaturated/α-hetero) is 1. The SMILES string of the molecule is O=C[C@@H]1CCCN1C(=O)[C@H]1NCC(=S)C1C(=O)C1CCc2ccccc2C1. The van der Waals surface area contributed by atoms with Gasteiger partial charge in [0.1, 0.15) is 18.1 Å². The molecule has 0 aromatic heterocycles. The van der Waals surface area contributed by atoms with Gasteiger partial charge in [0.2, 0.25) is 5.91 Å². The summed E-state index contributed by atoms with van der Waals surface area (Å²) in [5.74, 6) is -0.729. The first-order valence-electron chi connectivity index (χ1n) is 9.72. The highest BCUT2D eigenvalue weighted by molar-refractivity contribution is 7.80. The van der Waals surface area contributed by atoms with Gasteiger partial charge in [0, 0.05) is 23.9 Å². The number of aldehydes is 1. The van der Waals surface area contributed by atoms with Crippen LogP contribution >= 0.6 is 12.2 Å². The number of aryl methyl sites for hydroxylation is 1. The maximum absolute atomic E-state index is 13.3. The van der Waals surface area contributed by atoms with Crippen LogP contribution in [0.2, 0.25) is 0 Å². The van der Waals surface area contributed by atoms with Gasteiger partial charge in [-0.3, -0.25) is 9.59 Å². The molecule has 27 heavy (non-hydrogen) atoms. The predicted molar refractivity (Wildman–Crippen MR) is 106 cm³/mol. The largest absolute Gasteiger partial charge is 0.332 e. The van der Waals surface area contributed by atoms with Crippen molar-refractivity contribution in [2.45, 2.75) is 44.2 Å². The normalized spacial score (nSPS) is 30.2. The van der Waals surface area contributed by atoms with Gasteiger partial charge >= 0.3 is 0 Å². The minimum Gasteiger partial charge on any atom is -0.332 e. The fraction of sp³-hybridized carbons (Fsp3) is 0.524. The number of nitrogens with zero attached hydrogens (tertiary/aromatic N) is 1. The summed E-state index contributed by atoms with van der Waals surface area (Å²) in [6, 6.07) is 7.25. The van der Waals surface area contributed by atoms with Gasteiger partial charge in [-0.25, -0.2) is 0 Å². The summed E-state index contributed by atoms with van der Waals surface area (Å²) in [5.41, 5.74) is 2.54. The molecule has 0 saturated carbocycles. The smallest absolute Gasteiger partial charge is 0.241 e. The van der Waals surface area contributed by atoms with Crippen molar-refractivity contribution >= 4 is 35.1 Å². The zero-order valence-electron chi connectivity index (χ0n) is 15.2. The average Bonchev–Trinajstić information content (AvgIpc) is 3.33. The number of carbonyl (C=O) groups is 3. The number of hydrogen-bond acceptors (Lipinski definition) is 5. The second kappa shape index (κ2) is 7.60. The lowest BCUT2D eigenvalue weighted by atomic mass is 9.76. The highest BCUT2D eigenvalue weighted by Crippen LogP contribution is 2.31. The van der Waals surface area contributed by atoms with E-state index in [-0.39, 0.29) is 23.7 Å². The third-order valence-corrected chi connectivity index (χ3v) is 6.64. The Hall–Kier alpha value is -1.92. The maximum Gasteiger partial charge on any atom is 0.241 e. The van der Waals surface area contributed by atoms with Crippen molar-refractivity contribution in [2.75, 3.05) is 13.1 Å². The Kier molecular flexibility index (Phi) is 5.19. The molecular formula is C21H24N2O3S. The van der Waals surface area contributed by atoms with Gasteiger partial charge in [0.25, 0.3) is 0 Å². The fourth-order valence-electron chi connectivity index (χ4n) is 4.76. The van der Waals surface area contributed by atoms with E-state index in [9.17, 15) is 14.4 Å². The molecule has 4 rings (SSSR count). The van der Waals surface area contributed by atoms with Gasteiger partial charge in [-0.05, 0) is 43.2 Å². The van der Waals surface area contributed by atoms with Crippen molar-refractivity contribution < 1.29 is 14.4 Å². The number of amides is 1. The molecule has 1 amide bonds. The Morgan fingerprint density at radius 3 is 2.74 bits per heavy atom. The summed E-state index contributed by atoms with van der Waals surface area (Å²) in [6.07, 6.45) is 4.77. The molecule has 3 aliphatic rings. The van der Waals surface area contributed by atoms with Crippen LogP contribution in [0.15, 0.2) is 24.3 Å². The maximum atomic E-state index is 13.3. The van der Waals surface area contributed by atoms with Gasteiger partial charge in [-0.1, -0.05) is 36.5 Å². The molecule has 2 heterocycles. The molecule has 0 radical (unpaired) electrons. The number of hydrogen-bond donors (Lipinski definition) is 1. The summed E-state index contributed by atoms with van der Waals surface area (Å²) in [4.78, 5) is 39.9. The molecule has 1 N–H and O–H groups in total. The summed E-state index contributed by atoms with van der Waals surface area (Å²) in [6.45, 7) is 0.982. The summed E-state index contributed by atoms with van der Waals surface area (Å²) < 4.78 is 0. The number of fused-ring (bicyclic) bond motifs is 1. The standard InChI is InChI=1S/C21H24N2O3S/c24-12-16-6-3-9-23(16)21(26)19-18(17(27)11-22-19)20(25)15-8-7-13-4-1-2-5-14(13)10-15/h1-2,4-5,12,15-16,18-19,22H,3,6-11H2/t15?,16-,18?,19-/m0/s1. The van der Waals surface area contributed by atoms with E-state index in [4.69, 9.17) is 12.2 Å². The average molecular weight is 385 g/mol. The minimum atomic E-state index is -0.622. The number of nitrogens with one attached hydrogen (secondary N) is 1. The van der Waals surface area contributed by atoms with E-state index in [1.165, 1.54) is 11.1 Å². The lowest BCUT2D eigenvalue weighted by Gasteiger charge is -2.30. The quantitative estimate of drug-likeness (QED) is 0.630. The van der Waals surface area contributed by atoms with E-state index < -0.39 is 12.0 Å². The van der Waals surface area contributed by atoms with Crippen molar-refractivity contribution in [3.63, 3.8) is 0 Å². The molecule has 1 aromatic rings. The molecule has 2 fully saturated rings. The number of carbonyl (C=O) groups excluding carboxylic acids is 3. The molecule has 5 nitrogen and oxygen atoms in total. The Labute approximate surface area is 164 Å². The van der Waals surface area contributed by atoms with E-state index in [2.05, 4.69) is 17.4 Å². The lowest BCUT2D eigenvalue weighted by Crippen LogP contribution is -2.51. The predicted octanol–water partition coefficient (Wildman–Crippen LogP) is 1.51.